The molecule has 0 N–H and O–H groups in total. The maximum Gasteiger partial charge on any atom is 0.233 e. The quantitative estimate of drug-likeness (QED) is 0.110. The van der Waals surface area contributed by atoms with Crippen molar-refractivity contribution in [3.05, 3.63) is 155 Å². The Morgan fingerprint density at radius 2 is 1.51 bits per heavy atom. The molecule has 0 bridgehead atoms. The zero-order valence-electron chi connectivity index (χ0n) is 34.2. The molecule has 2 atom stereocenters. The van der Waals surface area contributed by atoms with Crippen LogP contribution in [0.4, 0.5) is 0 Å². The van der Waals surface area contributed by atoms with Gasteiger partial charge in [0.2, 0.25) is 16.6 Å². The maximum absolute atomic E-state index is 7.54. The van der Waals surface area contributed by atoms with Crippen LogP contribution in [0.5, 0.6) is 23.0 Å². The lowest BCUT2D eigenvalue weighted by atomic mass is 9.72. The molecule has 0 fully saturated rings. The highest BCUT2D eigenvalue weighted by Gasteiger charge is 2.44. The number of benzene rings is 4. The Bertz CT molecular complexity index is 2250. The van der Waals surface area contributed by atoms with E-state index >= 15 is 0 Å². The second-order valence-corrected chi connectivity index (χ2v) is 20.5. The van der Waals surface area contributed by atoms with Gasteiger partial charge >= 0.3 is 0 Å². The number of fused-ring (bicyclic) bond motifs is 3. The molecule has 1 aromatic heterocycles. The lowest BCUT2D eigenvalue weighted by Crippen LogP contribution is -2.34. The van der Waals surface area contributed by atoms with Gasteiger partial charge in [0.05, 0.1) is 17.2 Å². The van der Waals surface area contributed by atoms with Crippen molar-refractivity contribution in [1.29, 1.82) is 0 Å². The van der Waals surface area contributed by atoms with Gasteiger partial charge in [-0.15, -0.1) is 0 Å². The molecule has 5 aromatic rings. The molecule has 0 amide bonds. The van der Waals surface area contributed by atoms with Gasteiger partial charge in [0.1, 0.15) is 23.0 Å². The third-order valence-corrected chi connectivity index (χ3v) is 14.6. The van der Waals surface area contributed by atoms with E-state index in [4.69, 9.17) is 13.8 Å². The van der Waals surface area contributed by atoms with Crippen LogP contribution in [0.3, 0.4) is 0 Å². The van der Waals surface area contributed by atoms with Gasteiger partial charge in [-0.1, -0.05) is 130 Å². The van der Waals surface area contributed by atoms with Crippen molar-refractivity contribution in [2.24, 2.45) is 0 Å². The van der Waals surface area contributed by atoms with Gasteiger partial charge < -0.3 is 18.5 Å². The number of rotatable bonds is 9. The van der Waals surface area contributed by atoms with Crippen LogP contribution in [0.2, 0.25) is 0 Å². The molecule has 0 saturated carbocycles. The Labute approximate surface area is 331 Å². The Kier molecular flexibility index (Phi) is 10.6. The van der Waals surface area contributed by atoms with Crippen LogP contribution in [-0.4, -0.2) is 9.01 Å². The first-order chi connectivity index (χ1) is 26.1. The Morgan fingerprint density at radius 1 is 0.836 bits per heavy atom. The molecule has 0 saturated heterocycles. The normalized spacial score (nSPS) is 16.8. The monoisotopic (exact) mass is 770 g/mol. The van der Waals surface area contributed by atoms with Gasteiger partial charge in [-0.2, -0.15) is 0 Å². The van der Waals surface area contributed by atoms with Gasteiger partial charge in [0.15, 0.2) is 0 Å². The first kappa shape index (κ1) is 39.0. The van der Waals surface area contributed by atoms with Crippen LogP contribution in [-0.2, 0) is 35.6 Å². The molecule has 4 aromatic carbocycles. The number of para-hydroxylation sites is 2. The number of nitrogens with zero attached hydrogens (tertiary/aromatic N) is 2. The largest absolute Gasteiger partial charge is 0.455 e. The molecule has 0 spiro atoms. The van der Waals surface area contributed by atoms with E-state index in [2.05, 4.69) is 182 Å². The molecule has 0 radical (unpaired) electrons. The van der Waals surface area contributed by atoms with Crippen LogP contribution in [0.15, 0.2) is 116 Å². The predicted octanol–water partition coefficient (Wildman–Crippen LogP) is 12.7. The van der Waals surface area contributed by atoms with Crippen molar-refractivity contribution in [1.82, 2.24) is 9.01 Å². The third-order valence-electron chi connectivity index (χ3n) is 10.9. The van der Waals surface area contributed by atoms with E-state index in [1.807, 2.05) is 12.2 Å². The lowest BCUT2D eigenvalue weighted by molar-refractivity contribution is 0.417. The van der Waals surface area contributed by atoms with Crippen molar-refractivity contribution >= 4 is 27.2 Å². The summed E-state index contributed by atoms with van der Waals surface area (Å²) in [6, 6.07) is 30.7. The molecule has 2 aliphatic rings. The standard InChI is InChI=1S/C48H56N2O3P2/c1-12-15-26-49-32-34-22-17-19-25-41(34)52-54(49)42-30-35(46(4,5)6)28-38-44(42)51-45-39(48(38,10)11)29-36(47(7,8)9)31-43(45)55(50-27-20-23-37(50)14-3)53-40-24-18-16-21-33(40)13-2/h12,15-31H,1,13-14,32H2,2-11H3/b26-15-. The Balaban J connectivity index is 1.51. The number of aryl methyl sites for hydroxylation is 2. The summed E-state index contributed by atoms with van der Waals surface area (Å²) < 4.78 is 26.6. The highest BCUT2D eigenvalue weighted by atomic mass is 31.2. The molecule has 7 heteroatoms. The van der Waals surface area contributed by atoms with E-state index < -0.39 is 22.0 Å². The summed E-state index contributed by atoms with van der Waals surface area (Å²) in [6.45, 7) is 27.6. The van der Waals surface area contributed by atoms with Crippen molar-refractivity contribution in [3.63, 3.8) is 0 Å². The number of aromatic nitrogens is 1. The zero-order chi connectivity index (χ0) is 39.3. The van der Waals surface area contributed by atoms with E-state index in [-0.39, 0.29) is 10.8 Å². The summed E-state index contributed by atoms with van der Waals surface area (Å²) in [5, 5.41) is 2.15. The predicted molar refractivity (Wildman–Crippen MR) is 233 cm³/mol. The molecule has 286 valence electrons. The average molecular weight is 771 g/mol. The fourth-order valence-electron chi connectivity index (χ4n) is 7.39. The summed E-state index contributed by atoms with van der Waals surface area (Å²) in [5.74, 6) is 3.59. The molecule has 5 nitrogen and oxygen atoms in total. The van der Waals surface area contributed by atoms with Gasteiger partial charge in [0, 0.05) is 40.2 Å². The number of ether oxygens (including phenoxy) is 1. The molecule has 7 rings (SSSR count). The number of allylic oxidation sites excluding steroid dienone is 2. The molecule has 55 heavy (non-hydrogen) atoms. The SMILES string of the molecule is C=C/C=C\N1Cc2ccccc2OP1c1cc(C(C)(C)C)cc2c1Oc1c(P(Oc3ccccc3CC)n3cccc3CC)cc(C(C)(C)C)cc1C2(C)C. The molecule has 2 aliphatic heterocycles. The highest BCUT2D eigenvalue weighted by molar-refractivity contribution is 7.60. The fraction of sp³-hybridized carbons (Fsp3) is 0.333. The van der Waals surface area contributed by atoms with E-state index in [0.717, 1.165) is 58.6 Å². The molecule has 2 unspecified atom stereocenters. The number of hydrogen-bond acceptors (Lipinski definition) is 4. The molecular weight excluding hydrogens is 714 g/mol. The van der Waals surface area contributed by atoms with E-state index in [0.29, 0.717) is 0 Å². The molecule has 0 aliphatic carbocycles. The van der Waals surface area contributed by atoms with Gasteiger partial charge in [-0.05, 0) is 82.8 Å². The van der Waals surface area contributed by atoms with Crippen molar-refractivity contribution in [2.45, 2.75) is 105 Å². The van der Waals surface area contributed by atoms with Crippen molar-refractivity contribution in [3.8, 4) is 23.0 Å². The second-order valence-electron chi connectivity index (χ2n) is 17.1. The summed E-state index contributed by atoms with van der Waals surface area (Å²) in [5.41, 5.74) is 7.81. The first-order valence-corrected chi connectivity index (χ1v) is 22.0. The van der Waals surface area contributed by atoms with Crippen molar-refractivity contribution in [2.75, 3.05) is 0 Å². The number of hydrogen-bond donors (Lipinski definition) is 0. The summed E-state index contributed by atoms with van der Waals surface area (Å²) in [4.78, 5) is 0. The maximum atomic E-state index is 7.54. The summed E-state index contributed by atoms with van der Waals surface area (Å²) in [6.07, 6.45) is 9.89. The van der Waals surface area contributed by atoms with Gasteiger partial charge in [0.25, 0.3) is 0 Å². The molecule has 3 heterocycles. The van der Waals surface area contributed by atoms with E-state index in [9.17, 15) is 0 Å². The second kappa shape index (κ2) is 15.0. The average Bonchev–Trinajstić information content (AvgIpc) is 3.63. The van der Waals surface area contributed by atoms with Crippen LogP contribution >= 0.6 is 16.6 Å². The topological polar surface area (TPSA) is 35.9 Å². The third kappa shape index (κ3) is 7.39. The first-order valence-electron chi connectivity index (χ1n) is 19.6. The minimum absolute atomic E-state index is 0.108. The zero-order valence-corrected chi connectivity index (χ0v) is 36.0. The van der Waals surface area contributed by atoms with Crippen LogP contribution in [0, 0.1) is 0 Å². The van der Waals surface area contributed by atoms with Gasteiger partial charge in [-0.3, -0.25) is 4.34 Å². The van der Waals surface area contributed by atoms with Crippen LogP contribution < -0.4 is 24.4 Å². The Hall–Kier alpha value is -4.30. The van der Waals surface area contributed by atoms with E-state index in [1.165, 1.54) is 33.5 Å². The smallest absolute Gasteiger partial charge is 0.233 e. The summed E-state index contributed by atoms with van der Waals surface area (Å²) >= 11 is 0. The van der Waals surface area contributed by atoms with Crippen LogP contribution in [0.1, 0.15) is 108 Å². The van der Waals surface area contributed by atoms with Crippen LogP contribution in [0.25, 0.3) is 0 Å². The summed E-state index contributed by atoms with van der Waals surface area (Å²) in [7, 11) is -2.75. The van der Waals surface area contributed by atoms with Crippen molar-refractivity contribution < 1.29 is 13.8 Å². The van der Waals surface area contributed by atoms with E-state index in [1.54, 1.807) is 0 Å². The minimum atomic E-state index is -1.41. The lowest BCUT2D eigenvalue weighted by Gasteiger charge is -2.42. The molecular formula is C48H56N2O3P2. The van der Waals surface area contributed by atoms with Gasteiger partial charge in [-0.25, -0.2) is 0 Å². The Morgan fingerprint density at radius 3 is 2.20 bits per heavy atom. The highest BCUT2D eigenvalue weighted by Crippen LogP contribution is 2.57. The fourth-order valence-corrected chi connectivity index (χ4v) is 11.3. The minimum Gasteiger partial charge on any atom is -0.455 e.